The molecule has 0 fully saturated rings. The topological polar surface area (TPSA) is 273 Å². The van der Waals surface area contributed by atoms with Gasteiger partial charge in [-0.15, -0.1) is 4.98 Å². The third kappa shape index (κ3) is 4.70. The monoisotopic (exact) mass is 504 g/mol. The molecule has 0 bridgehead atoms. The average molecular weight is 504 g/mol. The van der Waals surface area contributed by atoms with Gasteiger partial charge in [-0.05, 0) is 12.1 Å². The Labute approximate surface area is 195 Å². The fourth-order valence-electron chi connectivity index (χ4n) is 2.56. The molecule has 2 aromatic carbocycles. The van der Waals surface area contributed by atoms with Crippen LogP contribution in [0.2, 0.25) is 0 Å². The molecule has 0 aliphatic heterocycles. The van der Waals surface area contributed by atoms with Crippen LogP contribution in [-0.2, 0) is 5.79 Å². The maximum atomic E-state index is 11.5. The molecule has 0 saturated carbocycles. The van der Waals surface area contributed by atoms with Crippen LogP contribution in [-0.4, -0.2) is 39.6 Å². The first kappa shape index (κ1) is 24.7. The lowest BCUT2D eigenvalue weighted by molar-refractivity contribution is -0.987. The molecule has 1 heterocycles. The van der Waals surface area contributed by atoms with Gasteiger partial charge in [-0.3, -0.25) is 50.6 Å². The molecular formula is C16H8N8O12. The van der Waals surface area contributed by atoms with Crippen molar-refractivity contribution in [2.45, 2.75) is 5.79 Å². The van der Waals surface area contributed by atoms with E-state index in [1.807, 2.05) is 0 Å². The van der Waals surface area contributed by atoms with Crippen molar-refractivity contribution >= 4 is 11.4 Å². The lowest BCUT2D eigenvalue weighted by Gasteiger charge is -2.10. The Morgan fingerprint density at radius 3 is 1.33 bits per heavy atom. The predicted octanol–water partition coefficient (Wildman–Crippen LogP) is 2.21. The molecule has 0 radical (unpaired) electrons. The fourth-order valence-corrected chi connectivity index (χ4v) is 2.56. The molecule has 0 unspecified atom stereocenters. The van der Waals surface area contributed by atoms with Crippen molar-refractivity contribution in [3.05, 3.63) is 105 Å². The normalized spacial score (nSPS) is 10.8. The van der Waals surface area contributed by atoms with Crippen LogP contribution in [0.1, 0.15) is 5.82 Å². The van der Waals surface area contributed by atoms with E-state index in [4.69, 9.17) is 9.47 Å². The summed E-state index contributed by atoms with van der Waals surface area (Å²) in [7, 11) is 0. The highest BCUT2D eigenvalue weighted by Gasteiger charge is 2.76. The number of hydrogen-bond donors (Lipinski definition) is 0. The lowest BCUT2D eigenvalue weighted by atomic mass is 10.3. The summed E-state index contributed by atoms with van der Waals surface area (Å²) in [4.78, 5) is 59.3. The standard InChI is InChI=1S/C16H8N8O12/c25-20(26)9-3-1-5-11(7-9)35-14-17-13(16(22(29)30,23(31)32)24(33)34)18-15(19-14)36-12-6-2-4-10(8-12)21(27)28/h1-8H. The van der Waals surface area contributed by atoms with E-state index in [1.165, 1.54) is 12.1 Å². The molecule has 20 nitrogen and oxygen atoms in total. The highest BCUT2D eigenvalue weighted by molar-refractivity contribution is 5.40. The average Bonchev–Trinajstić information content (AvgIpc) is 2.79. The van der Waals surface area contributed by atoms with E-state index in [2.05, 4.69) is 15.0 Å². The van der Waals surface area contributed by atoms with Gasteiger partial charge in [0.1, 0.15) is 11.5 Å². The minimum Gasteiger partial charge on any atom is -0.424 e. The third-order valence-electron chi connectivity index (χ3n) is 4.13. The van der Waals surface area contributed by atoms with Crippen LogP contribution in [0.5, 0.6) is 23.5 Å². The predicted molar refractivity (Wildman–Crippen MR) is 109 cm³/mol. The summed E-state index contributed by atoms with van der Waals surface area (Å²) in [6.45, 7) is 0. The zero-order chi connectivity index (χ0) is 26.6. The van der Waals surface area contributed by atoms with Crippen molar-refractivity contribution in [1.29, 1.82) is 0 Å². The van der Waals surface area contributed by atoms with E-state index >= 15 is 0 Å². The quantitative estimate of drug-likeness (QED) is 0.217. The maximum Gasteiger partial charge on any atom is 0.763 e. The van der Waals surface area contributed by atoms with Crippen molar-refractivity contribution in [1.82, 2.24) is 15.0 Å². The molecule has 0 aliphatic carbocycles. The Morgan fingerprint density at radius 2 is 1.00 bits per heavy atom. The minimum atomic E-state index is -4.33. The fraction of sp³-hybridized carbons (Fsp3) is 0.0625. The molecule has 3 rings (SSSR count). The van der Waals surface area contributed by atoms with Crippen LogP contribution in [0.25, 0.3) is 0 Å². The highest BCUT2D eigenvalue weighted by atomic mass is 16.7. The summed E-state index contributed by atoms with van der Waals surface area (Å²) < 4.78 is 10.3. The molecule has 1 aromatic heterocycles. The number of rotatable bonds is 10. The Morgan fingerprint density at radius 1 is 0.611 bits per heavy atom. The number of nitrogens with zero attached hydrogens (tertiary/aromatic N) is 8. The maximum absolute atomic E-state index is 11.5. The molecule has 0 saturated heterocycles. The Hall–Kier alpha value is -5.95. The van der Waals surface area contributed by atoms with E-state index in [-0.39, 0.29) is 11.5 Å². The van der Waals surface area contributed by atoms with Crippen LogP contribution in [0.15, 0.2) is 48.5 Å². The van der Waals surface area contributed by atoms with Gasteiger partial charge in [-0.2, -0.15) is 9.97 Å². The Balaban J connectivity index is 2.18. The van der Waals surface area contributed by atoms with Gasteiger partial charge in [0.2, 0.25) is 0 Å². The smallest absolute Gasteiger partial charge is 0.424 e. The zero-order valence-electron chi connectivity index (χ0n) is 17.1. The summed E-state index contributed by atoms with van der Waals surface area (Å²) in [5.41, 5.74) is -0.935. The van der Waals surface area contributed by atoms with E-state index in [0.717, 1.165) is 36.4 Å². The van der Waals surface area contributed by atoms with Crippen LogP contribution in [0.4, 0.5) is 11.4 Å². The molecular weight excluding hydrogens is 496 g/mol. The van der Waals surface area contributed by atoms with Gasteiger partial charge < -0.3 is 9.47 Å². The Bertz CT molecular complexity index is 1300. The highest BCUT2D eigenvalue weighted by Crippen LogP contribution is 2.31. The third-order valence-corrected chi connectivity index (χ3v) is 4.13. The number of nitro benzene ring substituents is 2. The van der Waals surface area contributed by atoms with Crippen LogP contribution < -0.4 is 9.47 Å². The van der Waals surface area contributed by atoms with E-state index in [9.17, 15) is 50.6 Å². The van der Waals surface area contributed by atoms with Crippen LogP contribution in [0.3, 0.4) is 0 Å². The molecule has 3 aromatic rings. The SMILES string of the molecule is O=[N+]([O-])c1cccc(Oc2nc(Oc3cccc([N+](=O)[O-])c3)nc(C([N+](=O)[O-])([N+](=O)[O-])[N+](=O)[O-])n2)c1. The number of aromatic nitrogens is 3. The second-order valence-corrected chi connectivity index (χ2v) is 6.34. The first-order valence-corrected chi connectivity index (χ1v) is 8.99. The van der Waals surface area contributed by atoms with Crippen LogP contribution >= 0.6 is 0 Å². The summed E-state index contributed by atoms with van der Waals surface area (Å²) in [6, 6.07) is 6.51. The van der Waals surface area contributed by atoms with Gasteiger partial charge in [0, 0.05) is 12.1 Å². The van der Waals surface area contributed by atoms with Crippen molar-refractivity contribution < 1.29 is 34.1 Å². The zero-order valence-corrected chi connectivity index (χ0v) is 17.1. The molecule has 20 heteroatoms. The van der Waals surface area contributed by atoms with E-state index in [1.54, 1.807) is 0 Å². The van der Waals surface area contributed by atoms with E-state index in [0.29, 0.717) is 0 Å². The molecule has 0 atom stereocenters. The van der Waals surface area contributed by atoms with Gasteiger partial charge in [0.05, 0.1) is 22.0 Å². The second kappa shape index (κ2) is 9.50. The number of hydrogen-bond acceptors (Lipinski definition) is 15. The molecule has 0 amide bonds. The first-order valence-electron chi connectivity index (χ1n) is 8.99. The summed E-state index contributed by atoms with van der Waals surface area (Å²) in [5, 5.41) is 56.4. The van der Waals surface area contributed by atoms with Crippen molar-refractivity contribution in [2.75, 3.05) is 0 Å². The molecule has 0 spiro atoms. The molecule has 184 valence electrons. The second-order valence-electron chi connectivity index (χ2n) is 6.34. The van der Waals surface area contributed by atoms with Crippen molar-refractivity contribution in [3.63, 3.8) is 0 Å². The van der Waals surface area contributed by atoms with Gasteiger partial charge >= 0.3 is 23.6 Å². The number of non-ortho nitro benzene ring substituents is 2. The lowest BCUT2D eigenvalue weighted by Crippen LogP contribution is -2.51. The van der Waals surface area contributed by atoms with Crippen molar-refractivity contribution in [2.24, 2.45) is 0 Å². The summed E-state index contributed by atoms with van der Waals surface area (Å²) >= 11 is 0. The summed E-state index contributed by atoms with van der Waals surface area (Å²) in [6.07, 6.45) is 0. The summed E-state index contributed by atoms with van der Waals surface area (Å²) in [5.74, 6) is -6.66. The minimum absolute atomic E-state index is 0.337. The van der Waals surface area contributed by atoms with Crippen LogP contribution in [0, 0.1) is 50.6 Å². The number of nitro groups is 5. The number of benzene rings is 2. The Kier molecular flexibility index (Phi) is 6.51. The van der Waals surface area contributed by atoms with Gasteiger partial charge in [-0.1, -0.05) is 12.1 Å². The van der Waals surface area contributed by atoms with E-state index < -0.39 is 59.6 Å². The molecule has 0 aliphatic rings. The molecule has 0 N–H and O–H groups in total. The largest absolute Gasteiger partial charge is 0.763 e. The van der Waals surface area contributed by atoms with Gasteiger partial charge in [0.15, 0.2) is 14.8 Å². The van der Waals surface area contributed by atoms with Gasteiger partial charge in [-0.25, -0.2) is 0 Å². The number of ether oxygens (including phenoxy) is 2. The van der Waals surface area contributed by atoms with Gasteiger partial charge in [0.25, 0.3) is 11.4 Å². The molecule has 36 heavy (non-hydrogen) atoms. The first-order chi connectivity index (χ1) is 16.9. The van der Waals surface area contributed by atoms with Crippen molar-refractivity contribution in [3.8, 4) is 23.5 Å².